The van der Waals surface area contributed by atoms with Gasteiger partial charge in [0.25, 0.3) is 0 Å². The number of halogens is 2. The second-order valence-corrected chi connectivity index (χ2v) is 4.92. The molecule has 1 unspecified atom stereocenters. The molecule has 0 radical (unpaired) electrons. The predicted octanol–water partition coefficient (Wildman–Crippen LogP) is 2.90. The third kappa shape index (κ3) is 2.88. The van der Waals surface area contributed by atoms with E-state index in [2.05, 4.69) is 10.4 Å². The van der Waals surface area contributed by atoms with Crippen LogP contribution in [0.2, 0.25) is 0 Å². The first-order chi connectivity index (χ1) is 9.54. The highest BCUT2D eigenvalue weighted by Crippen LogP contribution is 2.26. The SMILES string of the molecule is CNC(CCc1ccnn1C)c1c(F)ccc(C)c1F. The number of hydrogen-bond acceptors (Lipinski definition) is 2. The van der Waals surface area contributed by atoms with E-state index in [4.69, 9.17) is 0 Å². The minimum absolute atomic E-state index is 0.120. The van der Waals surface area contributed by atoms with Crippen LogP contribution in [0, 0.1) is 18.6 Å². The molecule has 5 heteroatoms. The minimum Gasteiger partial charge on any atom is -0.313 e. The molecule has 1 aromatic carbocycles. The number of aromatic nitrogens is 2. The molecule has 0 saturated heterocycles. The van der Waals surface area contributed by atoms with Crippen LogP contribution in [-0.2, 0) is 13.5 Å². The van der Waals surface area contributed by atoms with Gasteiger partial charge in [0.2, 0.25) is 0 Å². The number of benzene rings is 1. The number of rotatable bonds is 5. The lowest BCUT2D eigenvalue weighted by molar-refractivity contribution is 0.464. The molecule has 108 valence electrons. The van der Waals surface area contributed by atoms with E-state index in [1.54, 1.807) is 24.9 Å². The van der Waals surface area contributed by atoms with E-state index in [-0.39, 0.29) is 11.6 Å². The summed E-state index contributed by atoms with van der Waals surface area (Å²) in [5.74, 6) is -0.966. The van der Waals surface area contributed by atoms with Gasteiger partial charge in [-0.2, -0.15) is 5.10 Å². The first-order valence-corrected chi connectivity index (χ1v) is 6.63. The average Bonchev–Trinajstić information content (AvgIpc) is 2.83. The van der Waals surface area contributed by atoms with Crippen LogP contribution in [-0.4, -0.2) is 16.8 Å². The summed E-state index contributed by atoms with van der Waals surface area (Å²) in [6.45, 7) is 1.64. The van der Waals surface area contributed by atoms with Gasteiger partial charge in [0, 0.05) is 30.5 Å². The smallest absolute Gasteiger partial charge is 0.133 e. The standard InChI is InChI=1S/C15H19F2N3/c1-10-4-6-12(16)14(15(10)17)13(18-2)7-5-11-8-9-19-20(11)3/h4,6,8-9,13,18H,5,7H2,1-3H3. The lowest BCUT2D eigenvalue weighted by Gasteiger charge is -2.19. The summed E-state index contributed by atoms with van der Waals surface area (Å²) in [5.41, 5.74) is 1.62. The second kappa shape index (κ2) is 6.13. The summed E-state index contributed by atoms with van der Waals surface area (Å²) in [6.07, 6.45) is 3.03. The quantitative estimate of drug-likeness (QED) is 0.912. The van der Waals surface area contributed by atoms with E-state index in [1.165, 1.54) is 12.1 Å². The van der Waals surface area contributed by atoms with Crippen LogP contribution in [0.4, 0.5) is 8.78 Å². The number of aryl methyl sites for hydroxylation is 3. The van der Waals surface area contributed by atoms with Gasteiger partial charge in [-0.05, 0) is 44.5 Å². The zero-order valence-corrected chi connectivity index (χ0v) is 12.0. The van der Waals surface area contributed by atoms with Crippen molar-refractivity contribution in [3.63, 3.8) is 0 Å². The summed E-state index contributed by atoms with van der Waals surface area (Å²) in [6, 6.07) is 4.34. The fourth-order valence-electron chi connectivity index (χ4n) is 2.37. The molecular weight excluding hydrogens is 260 g/mol. The lowest BCUT2D eigenvalue weighted by Crippen LogP contribution is -2.21. The third-order valence-corrected chi connectivity index (χ3v) is 3.63. The van der Waals surface area contributed by atoms with Crippen LogP contribution in [0.3, 0.4) is 0 Å². The molecular formula is C15H19F2N3. The number of hydrogen-bond donors (Lipinski definition) is 1. The van der Waals surface area contributed by atoms with Crippen molar-refractivity contribution < 1.29 is 8.78 Å². The molecule has 1 atom stereocenters. The maximum atomic E-state index is 14.1. The molecule has 20 heavy (non-hydrogen) atoms. The Labute approximate surface area is 117 Å². The molecule has 0 fully saturated rings. The molecule has 0 amide bonds. The van der Waals surface area contributed by atoms with Gasteiger partial charge in [0.15, 0.2) is 0 Å². The van der Waals surface area contributed by atoms with E-state index in [1.807, 2.05) is 13.1 Å². The predicted molar refractivity (Wildman–Crippen MR) is 74.4 cm³/mol. The van der Waals surface area contributed by atoms with E-state index in [9.17, 15) is 8.78 Å². The van der Waals surface area contributed by atoms with E-state index in [0.29, 0.717) is 18.4 Å². The van der Waals surface area contributed by atoms with Crippen molar-refractivity contribution >= 4 is 0 Å². The largest absolute Gasteiger partial charge is 0.313 e. The molecule has 2 rings (SSSR count). The Morgan fingerprint density at radius 1 is 1.30 bits per heavy atom. The maximum Gasteiger partial charge on any atom is 0.133 e. The molecule has 0 aliphatic carbocycles. The van der Waals surface area contributed by atoms with Gasteiger partial charge < -0.3 is 5.32 Å². The Morgan fingerprint density at radius 3 is 2.65 bits per heavy atom. The molecule has 2 aromatic rings. The minimum atomic E-state index is -0.502. The highest BCUT2D eigenvalue weighted by molar-refractivity contribution is 5.29. The third-order valence-electron chi connectivity index (χ3n) is 3.63. The zero-order valence-electron chi connectivity index (χ0n) is 12.0. The normalized spacial score (nSPS) is 12.7. The Bertz CT molecular complexity index is 593. The van der Waals surface area contributed by atoms with Crippen molar-refractivity contribution in [2.75, 3.05) is 7.05 Å². The summed E-state index contributed by atoms with van der Waals surface area (Å²) in [5, 5.41) is 7.09. The van der Waals surface area contributed by atoms with Crippen LogP contribution in [0.15, 0.2) is 24.4 Å². The topological polar surface area (TPSA) is 29.9 Å². The van der Waals surface area contributed by atoms with Crippen LogP contribution in [0.25, 0.3) is 0 Å². The van der Waals surface area contributed by atoms with Gasteiger partial charge in [-0.3, -0.25) is 4.68 Å². The Morgan fingerprint density at radius 2 is 2.05 bits per heavy atom. The Hall–Kier alpha value is -1.75. The summed E-state index contributed by atoms with van der Waals surface area (Å²) in [7, 11) is 3.58. The Kier molecular flexibility index (Phi) is 4.49. The van der Waals surface area contributed by atoms with Crippen molar-refractivity contribution in [2.45, 2.75) is 25.8 Å². The summed E-state index contributed by atoms with van der Waals surface area (Å²) in [4.78, 5) is 0. The van der Waals surface area contributed by atoms with Crippen molar-refractivity contribution in [2.24, 2.45) is 7.05 Å². The molecule has 0 aliphatic rings. The van der Waals surface area contributed by atoms with E-state index >= 15 is 0 Å². The van der Waals surface area contributed by atoms with E-state index in [0.717, 1.165) is 5.69 Å². The molecule has 1 N–H and O–H groups in total. The summed E-state index contributed by atoms with van der Waals surface area (Å²) >= 11 is 0. The van der Waals surface area contributed by atoms with E-state index < -0.39 is 11.6 Å². The van der Waals surface area contributed by atoms with Crippen molar-refractivity contribution in [3.8, 4) is 0 Å². The van der Waals surface area contributed by atoms with Crippen LogP contribution < -0.4 is 5.32 Å². The van der Waals surface area contributed by atoms with Gasteiger partial charge in [0.05, 0.1) is 0 Å². The lowest BCUT2D eigenvalue weighted by atomic mass is 9.98. The molecule has 0 saturated carbocycles. The van der Waals surface area contributed by atoms with Crippen molar-refractivity contribution in [3.05, 3.63) is 52.9 Å². The molecule has 0 bridgehead atoms. The maximum absolute atomic E-state index is 14.1. The van der Waals surface area contributed by atoms with Gasteiger partial charge in [-0.1, -0.05) is 6.07 Å². The van der Waals surface area contributed by atoms with Crippen LogP contribution in [0.5, 0.6) is 0 Å². The van der Waals surface area contributed by atoms with Crippen molar-refractivity contribution in [1.82, 2.24) is 15.1 Å². The molecule has 0 spiro atoms. The number of nitrogens with one attached hydrogen (secondary N) is 1. The van der Waals surface area contributed by atoms with Gasteiger partial charge in [0.1, 0.15) is 11.6 Å². The first-order valence-electron chi connectivity index (χ1n) is 6.63. The molecule has 1 heterocycles. The fourth-order valence-corrected chi connectivity index (χ4v) is 2.37. The molecule has 3 nitrogen and oxygen atoms in total. The highest BCUT2D eigenvalue weighted by atomic mass is 19.1. The monoisotopic (exact) mass is 279 g/mol. The molecule has 0 aliphatic heterocycles. The second-order valence-electron chi connectivity index (χ2n) is 4.92. The Balaban J connectivity index is 2.21. The van der Waals surface area contributed by atoms with Gasteiger partial charge in [-0.15, -0.1) is 0 Å². The average molecular weight is 279 g/mol. The van der Waals surface area contributed by atoms with Crippen LogP contribution in [0.1, 0.15) is 29.3 Å². The van der Waals surface area contributed by atoms with Gasteiger partial charge in [-0.25, -0.2) is 8.78 Å². The van der Waals surface area contributed by atoms with Crippen LogP contribution >= 0.6 is 0 Å². The highest BCUT2D eigenvalue weighted by Gasteiger charge is 2.20. The fraction of sp³-hybridized carbons (Fsp3) is 0.400. The molecule has 1 aromatic heterocycles. The number of nitrogens with zero attached hydrogens (tertiary/aromatic N) is 2. The zero-order chi connectivity index (χ0) is 14.7. The summed E-state index contributed by atoms with van der Waals surface area (Å²) < 4.78 is 29.8. The van der Waals surface area contributed by atoms with Gasteiger partial charge >= 0.3 is 0 Å². The van der Waals surface area contributed by atoms with Crippen molar-refractivity contribution in [1.29, 1.82) is 0 Å². The first kappa shape index (κ1) is 14.7.